The minimum absolute atomic E-state index is 0.0190. The lowest BCUT2D eigenvalue weighted by Crippen LogP contribution is -2.31. The number of carbonyl (C=O) groups is 1. The van der Waals surface area contributed by atoms with E-state index in [1.807, 2.05) is 4.57 Å². The third-order valence-electron chi connectivity index (χ3n) is 6.72. The maximum atomic E-state index is 12.6. The highest BCUT2D eigenvalue weighted by molar-refractivity contribution is 6.11. The van der Waals surface area contributed by atoms with E-state index >= 15 is 0 Å². The molecule has 1 saturated heterocycles. The van der Waals surface area contributed by atoms with Crippen LogP contribution in [0.5, 0.6) is 5.75 Å². The number of benzene rings is 1. The number of ether oxygens (including phenoxy) is 2. The zero-order chi connectivity index (χ0) is 23.3. The van der Waals surface area contributed by atoms with Gasteiger partial charge < -0.3 is 24.9 Å². The average Bonchev–Trinajstić information content (AvgIpc) is 3.23. The van der Waals surface area contributed by atoms with E-state index in [-0.39, 0.29) is 23.6 Å². The van der Waals surface area contributed by atoms with E-state index in [2.05, 4.69) is 24.9 Å². The van der Waals surface area contributed by atoms with Crippen molar-refractivity contribution in [1.29, 1.82) is 0 Å². The molecule has 4 heterocycles. The Morgan fingerprint density at radius 3 is 2.73 bits per heavy atom. The number of allylic oxidation sites excluding steroid dienone is 1. The number of fused-ring (bicyclic) bond motifs is 5. The molecule has 1 fully saturated rings. The summed E-state index contributed by atoms with van der Waals surface area (Å²) in [5, 5.41) is 9.51. The van der Waals surface area contributed by atoms with Crippen LogP contribution >= 0.6 is 0 Å². The molecule has 0 spiro atoms. The summed E-state index contributed by atoms with van der Waals surface area (Å²) in [7, 11) is 0. The van der Waals surface area contributed by atoms with Crippen LogP contribution in [0.2, 0.25) is 0 Å². The fourth-order valence-corrected chi connectivity index (χ4v) is 4.90. The zero-order valence-corrected chi connectivity index (χ0v) is 18.7. The fourth-order valence-electron chi connectivity index (χ4n) is 4.90. The van der Waals surface area contributed by atoms with Crippen LogP contribution in [0.15, 0.2) is 34.3 Å². The Kier molecular flexibility index (Phi) is 5.32. The molecular weight excluding hydrogens is 422 g/mol. The summed E-state index contributed by atoms with van der Waals surface area (Å²) < 4.78 is 13.2. The first-order valence-electron chi connectivity index (χ1n) is 11.2. The van der Waals surface area contributed by atoms with Crippen LogP contribution in [-0.4, -0.2) is 47.7 Å². The van der Waals surface area contributed by atoms with Gasteiger partial charge in [0.25, 0.3) is 0 Å². The lowest BCUT2D eigenvalue weighted by Gasteiger charge is -2.34. The van der Waals surface area contributed by atoms with Gasteiger partial charge in [0.05, 0.1) is 31.6 Å². The van der Waals surface area contributed by atoms with Crippen LogP contribution in [0.3, 0.4) is 0 Å². The Bertz CT molecular complexity index is 1250. The maximum Gasteiger partial charge on any atom is 0.341 e. The fraction of sp³-hybridized carbons (Fsp3) is 0.400. The molecule has 3 aliphatic rings. The summed E-state index contributed by atoms with van der Waals surface area (Å²) in [4.78, 5) is 28.9. The summed E-state index contributed by atoms with van der Waals surface area (Å²) in [6, 6.07) is 3.73. The summed E-state index contributed by atoms with van der Waals surface area (Å²) in [5.41, 5.74) is 10.8. The number of hydrogen-bond acceptors (Lipinski definition) is 6. The van der Waals surface area contributed by atoms with Crippen LogP contribution in [0.25, 0.3) is 16.8 Å². The quantitative estimate of drug-likeness (QED) is 0.678. The van der Waals surface area contributed by atoms with Gasteiger partial charge in [-0.3, -0.25) is 9.79 Å². The lowest BCUT2D eigenvalue weighted by molar-refractivity contribution is 0.0136. The van der Waals surface area contributed by atoms with Crippen LogP contribution in [0.1, 0.15) is 46.9 Å². The molecular formula is C25H27N3O5. The number of carboxylic acids is 1. The highest BCUT2D eigenvalue weighted by atomic mass is 16.5. The van der Waals surface area contributed by atoms with Crippen molar-refractivity contribution in [1.82, 2.24) is 4.57 Å². The number of aliphatic imine (C=N–C) groups is 1. The minimum atomic E-state index is -1.21. The molecule has 2 aromatic rings. The van der Waals surface area contributed by atoms with Crippen molar-refractivity contribution in [3.63, 3.8) is 0 Å². The molecule has 8 heteroatoms. The van der Waals surface area contributed by atoms with Gasteiger partial charge in [0, 0.05) is 59.4 Å². The van der Waals surface area contributed by atoms with E-state index in [1.54, 1.807) is 12.4 Å². The smallest absolute Gasteiger partial charge is 0.341 e. The highest BCUT2D eigenvalue weighted by Gasteiger charge is 2.33. The molecule has 0 aliphatic carbocycles. The summed E-state index contributed by atoms with van der Waals surface area (Å²) in [5.74, 6) is -0.217. The Labute approximate surface area is 191 Å². The molecule has 0 radical (unpaired) electrons. The first kappa shape index (κ1) is 21.5. The second-order valence-corrected chi connectivity index (χ2v) is 9.12. The zero-order valence-electron chi connectivity index (χ0n) is 18.7. The number of pyridine rings is 1. The molecule has 172 valence electrons. The number of carboxylic acid groups (broad SMARTS) is 1. The van der Waals surface area contributed by atoms with Crippen molar-refractivity contribution in [3.05, 3.63) is 57.0 Å². The Morgan fingerprint density at radius 1 is 1.30 bits per heavy atom. The molecule has 0 bridgehead atoms. The summed E-state index contributed by atoms with van der Waals surface area (Å²) in [6.07, 6.45) is 6.26. The SMILES string of the molecule is CC(C)C1Cc2cc(C(C=NC3COC3)=CN)c3c(c2-c2cc(=O)c(C(=O)O)cn21)CCO3. The molecule has 3 aliphatic heterocycles. The Morgan fingerprint density at radius 2 is 2.09 bits per heavy atom. The maximum absolute atomic E-state index is 12.6. The average molecular weight is 450 g/mol. The predicted octanol–water partition coefficient (Wildman–Crippen LogP) is 2.67. The monoisotopic (exact) mass is 449 g/mol. The number of nitrogens with zero attached hydrogens (tertiary/aromatic N) is 2. The van der Waals surface area contributed by atoms with E-state index in [9.17, 15) is 14.7 Å². The second-order valence-electron chi connectivity index (χ2n) is 9.12. The lowest BCUT2D eigenvalue weighted by atomic mass is 9.82. The van der Waals surface area contributed by atoms with E-state index in [1.165, 1.54) is 12.3 Å². The van der Waals surface area contributed by atoms with Crippen molar-refractivity contribution in [3.8, 4) is 17.0 Å². The summed E-state index contributed by atoms with van der Waals surface area (Å²) >= 11 is 0. The number of nitrogens with two attached hydrogens (primary N) is 1. The highest BCUT2D eigenvalue weighted by Crippen LogP contribution is 2.47. The van der Waals surface area contributed by atoms with Gasteiger partial charge in [-0.05, 0) is 24.0 Å². The number of aromatic nitrogens is 1. The third-order valence-corrected chi connectivity index (χ3v) is 6.72. The second kappa shape index (κ2) is 8.19. The first-order chi connectivity index (χ1) is 15.9. The molecule has 0 amide bonds. The van der Waals surface area contributed by atoms with Gasteiger partial charge in [0.15, 0.2) is 5.43 Å². The standard InChI is InChI=1S/C25H27N3O5/c1-13(2)20-6-14-5-18(15(8-26)9-27-16-11-32-12-16)24-17(3-4-33-24)23(14)21-7-22(29)19(25(30)31)10-28(20)21/h5,7-10,13,16,20H,3-4,6,11-12,26H2,1-2H3,(H,30,31). The third kappa shape index (κ3) is 3.54. The number of rotatable bonds is 5. The van der Waals surface area contributed by atoms with Crippen LogP contribution in [0.4, 0.5) is 0 Å². The van der Waals surface area contributed by atoms with Crippen molar-refractivity contribution >= 4 is 17.8 Å². The number of aromatic carboxylic acids is 1. The van der Waals surface area contributed by atoms with Crippen molar-refractivity contribution < 1.29 is 19.4 Å². The van der Waals surface area contributed by atoms with E-state index in [0.29, 0.717) is 32.7 Å². The molecule has 1 unspecified atom stereocenters. The van der Waals surface area contributed by atoms with E-state index in [4.69, 9.17) is 15.2 Å². The topological polar surface area (TPSA) is 116 Å². The molecule has 0 saturated carbocycles. The summed E-state index contributed by atoms with van der Waals surface area (Å²) in [6.45, 7) is 5.98. The van der Waals surface area contributed by atoms with Gasteiger partial charge in [-0.25, -0.2) is 4.79 Å². The molecule has 33 heavy (non-hydrogen) atoms. The molecule has 1 aromatic carbocycles. The largest absolute Gasteiger partial charge is 0.492 e. The van der Waals surface area contributed by atoms with Gasteiger partial charge in [0.1, 0.15) is 11.3 Å². The van der Waals surface area contributed by atoms with Crippen molar-refractivity contribution in [2.45, 2.75) is 38.8 Å². The van der Waals surface area contributed by atoms with Crippen LogP contribution < -0.4 is 15.9 Å². The van der Waals surface area contributed by atoms with Gasteiger partial charge in [0.2, 0.25) is 0 Å². The Balaban J connectivity index is 1.70. The molecule has 5 rings (SSSR count). The van der Waals surface area contributed by atoms with Gasteiger partial charge in [-0.1, -0.05) is 13.8 Å². The Hall–Kier alpha value is -3.39. The molecule has 1 aromatic heterocycles. The first-order valence-corrected chi connectivity index (χ1v) is 11.2. The minimum Gasteiger partial charge on any atom is -0.492 e. The predicted molar refractivity (Wildman–Crippen MR) is 125 cm³/mol. The van der Waals surface area contributed by atoms with Gasteiger partial charge in [-0.2, -0.15) is 0 Å². The van der Waals surface area contributed by atoms with Crippen LogP contribution in [0, 0.1) is 5.92 Å². The molecule has 8 nitrogen and oxygen atoms in total. The molecule has 3 N–H and O–H groups in total. The van der Waals surface area contributed by atoms with Gasteiger partial charge >= 0.3 is 5.97 Å². The molecule has 1 atom stereocenters. The van der Waals surface area contributed by atoms with Crippen molar-refractivity contribution in [2.24, 2.45) is 16.6 Å². The normalized spacial score (nSPS) is 19.7. The van der Waals surface area contributed by atoms with Crippen molar-refractivity contribution in [2.75, 3.05) is 19.8 Å². The van der Waals surface area contributed by atoms with Gasteiger partial charge in [-0.15, -0.1) is 0 Å². The number of hydrogen-bond donors (Lipinski definition) is 2. The van der Waals surface area contributed by atoms with E-state index < -0.39 is 11.4 Å². The van der Waals surface area contributed by atoms with E-state index in [0.717, 1.165) is 39.3 Å². The van der Waals surface area contributed by atoms with Crippen LogP contribution in [-0.2, 0) is 17.6 Å².